The highest BCUT2D eigenvalue weighted by Crippen LogP contribution is 2.34. The predicted molar refractivity (Wildman–Crippen MR) is 102 cm³/mol. The molecule has 1 aromatic carbocycles. The predicted octanol–water partition coefficient (Wildman–Crippen LogP) is 3.31. The first-order chi connectivity index (χ1) is 10.7. The van der Waals surface area contributed by atoms with Crippen molar-refractivity contribution in [3.63, 3.8) is 0 Å². The Labute approximate surface area is 158 Å². The molecule has 0 spiro atoms. The van der Waals surface area contributed by atoms with Crippen molar-refractivity contribution < 1.29 is 9.47 Å². The fourth-order valence-corrected chi connectivity index (χ4v) is 2.87. The number of nitrogens with zero attached hydrogens (tertiary/aromatic N) is 2. The number of halogens is 3. The lowest BCUT2D eigenvalue weighted by atomic mass is 10.1. The van der Waals surface area contributed by atoms with Crippen LogP contribution in [0.5, 0.6) is 11.5 Å². The first-order valence-electron chi connectivity index (χ1n) is 7.28. The molecule has 2 heterocycles. The number of nitrogens with one attached hydrogen (secondary N) is 2. The average Bonchev–Trinajstić information content (AvgIpc) is 2.54. The maximum Gasteiger partial charge on any atom is 0.224 e. The Hall–Kier alpha value is -1.21. The summed E-state index contributed by atoms with van der Waals surface area (Å²) >= 11 is 6.06. The van der Waals surface area contributed by atoms with E-state index in [4.69, 9.17) is 21.1 Å². The van der Waals surface area contributed by atoms with Crippen LogP contribution in [0.25, 0.3) is 10.9 Å². The third-order valence-corrected chi connectivity index (χ3v) is 4.02. The number of hydrogen-bond acceptors (Lipinski definition) is 6. The molecular formula is C15H21Cl3N4O2. The van der Waals surface area contributed by atoms with Gasteiger partial charge in [0.1, 0.15) is 5.82 Å². The van der Waals surface area contributed by atoms with Gasteiger partial charge in [-0.1, -0.05) is 0 Å². The van der Waals surface area contributed by atoms with Gasteiger partial charge < -0.3 is 20.1 Å². The molecule has 1 fully saturated rings. The van der Waals surface area contributed by atoms with Gasteiger partial charge in [0.05, 0.1) is 19.7 Å². The molecular weight excluding hydrogens is 375 g/mol. The molecule has 0 aliphatic carbocycles. The Bertz CT molecular complexity index is 681. The molecule has 0 unspecified atom stereocenters. The fraction of sp³-hybridized carbons (Fsp3) is 0.467. The van der Waals surface area contributed by atoms with Crippen molar-refractivity contribution in [2.24, 2.45) is 0 Å². The van der Waals surface area contributed by atoms with E-state index >= 15 is 0 Å². The second kappa shape index (κ2) is 9.32. The molecule has 0 bridgehead atoms. The van der Waals surface area contributed by atoms with Crippen molar-refractivity contribution in [1.82, 2.24) is 15.3 Å². The van der Waals surface area contributed by atoms with Crippen LogP contribution in [0.1, 0.15) is 12.8 Å². The van der Waals surface area contributed by atoms with Crippen LogP contribution in [-0.4, -0.2) is 43.3 Å². The monoisotopic (exact) mass is 394 g/mol. The summed E-state index contributed by atoms with van der Waals surface area (Å²) in [5.74, 6) is 2.01. The van der Waals surface area contributed by atoms with Gasteiger partial charge in [0.25, 0.3) is 0 Å². The van der Waals surface area contributed by atoms with E-state index in [9.17, 15) is 0 Å². The molecule has 0 atom stereocenters. The Kier molecular flexibility index (Phi) is 8.09. The quantitative estimate of drug-likeness (QED) is 0.774. The van der Waals surface area contributed by atoms with Crippen LogP contribution in [0.4, 0.5) is 5.82 Å². The summed E-state index contributed by atoms with van der Waals surface area (Å²) in [5, 5.41) is 7.92. The van der Waals surface area contributed by atoms with E-state index in [1.807, 2.05) is 12.1 Å². The molecule has 0 saturated carbocycles. The molecule has 1 aliphatic rings. The molecule has 1 aromatic heterocycles. The number of fused-ring (bicyclic) bond motifs is 1. The number of anilines is 1. The van der Waals surface area contributed by atoms with Crippen LogP contribution in [0.2, 0.25) is 5.28 Å². The molecule has 134 valence electrons. The molecule has 1 aliphatic heterocycles. The van der Waals surface area contributed by atoms with Crippen molar-refractivity contribution >= 4 is 53.1 Å². The fourth-order valence-electron chi connectivity index (χ4n) is 2.70. The van der Waals surface area contributed by atoms with Crippen molar-refractivity contribution in [2.75, 3.05) is 32.6 Å². The van der Waals surface area contributed by atoms with Crippen molar-refractivity contribution in [1.29, 1.82) is 0 Å². The van der Waals surface area contributed by atoms with E-state index < -0.39 is 0 Å². The maximum absolute atomic E-state index is 6.06. The molecule has 2 N–H and O–H groups in total. The summed E-state index contributed by atoms with van der Waals surface area (Å²) in [6, 6.07) is 4.08. The third-order valence-electron chi connectivity index (χ3n) is 3.85. The smallest absolute Gasteiger partial charge is 0.224 e. The Morgan fingerprint density at radius 2 is 1.71 bits per heavy atom. The summed E-state index contributed by atoms with van der Waals surface area (Å²) in [4.78, 5) is 8.63. The SMILES string of the molecule is COc1cc2nc(Cl)nc(NC3CCNCC3)c2cc1OC.Cl.Cl. The Balaban J connectivity index is 0.00000144. The second-order valence-corrected chi connectivity index (χ2v) is 5.57. The van der Waals surface area contributed by atoms with Crippen LogP contribution in [0, 0.1) is 0 Å². The summed E-state index contributed by atoms with van der Waals surface area (Å²) < 4.78 is 10.7. The summed E-state index contributed by atoms with van der Waals surface area (Å²) in [7, 11) is 3.21. The average molecular weight is 396 g/mol. The van der Waals surface area contributed by atoms with Gasteiger partial charge in [-0.15, -0.1) is 24.8 Å². The first kappa shape index (κ1) is 20.8. The number of hydrogen-bond donors (Lipinski definition) is 2. The molecule has 2 aromatic rings. The Morgan fingerprint density at radius 3 is 2.33 bits per heavy atom. The van der Waals surface area contributed by atoms with E-state index in [0.717, 1.165) is 42.7 Å². The van der Waals surface area contributed by atoms with Gasteiger partial charge >= 0.3 is 0 Å². The summed E-state index contributed by atoms with van der Waals surface area (Å²) in [6.45, 7) is 2.01. The van der Waals surface area contributed by atoms with Crippen LogP contribution in [0.15, 0.2) is 12.1 Å². The maximum atomic E-state index is 6.06. The van der Waals surface area contributed by atoms with E-state index in [0.29, 0.717) is 17.5 Å². The van der Waals surface area contributed by atoms with Crippen molar-refractivity contribution in [3.05, 3.63) is 17.4 Å². The molecule has 0 amide bonds. The molecule has 1 saturated heterocycles. The zero-order valence-electron chi connectivity index (χ0n) is 13.5. The molecule has 6 nitrogen and oxygen atoms in total. The standard InChI is InChI=1S/C15H19ClN4O2.2ClH/c1-21-12-7-10-11(8-13(12)22-2)19-15(16)20-14(10)18-9-3-5-17-6-4-9;;/h7-9,17H,3-6H2,1-2H3,(H,18,19,20);2*1H. The van der Waals surface area contributed by atoms with Crippen molar-refractivity contribution in [3.8, 4) is 11.5 Å². The minimum absolute atomic E-state index is 0. The van der Waals surface area contributed by atoms with E-state index in [2.05, 4.69) is 20.6 Å². The summed E-state index contributed by atoms with van der Waals surface area (Å²) in [5.41, 5.74) is 0.731. The minimum Gasteiger partial charge on any atom is -0.493 e. The Morgan fingerprint density at radius 1 is 1.08 bits per heavy atom. The van der Waals surface area contributed by atoms with Crippen LogP contribution in [0.3, 0.4) is 0 Å². The minimum atomic E-state index is 0. The van der Waals surface area contributed by atoms with Gasteiger partial charge in [0.2, 0.25) is 5.28 Å². The van der Waals surface area contributed by atoms with Crippen molar-refractivity contribution in [2.45, 2.75) is 18.9 Å². The van der Waals surface area contributed by atoms with Gasteiger partial charge in [0.15, 0.2) is 11.5 Å². The molecule has 24 heavy (non-hydrogen) atoms. The van der Waals surface area contributed by atoms with Gasteiger partial charge in [0, 0.05) is 17.5 Å². The van der Waals surface area contributed by atoms with Gasteiger partial charge in [-0.2, -0.15) is 0 Å². The zero-order valence-corrected chi connectivity index (χ0v) is 15.9. The van der Waals surface area contributed by atoms with Crippen LogP contribution < -0.4 is 20.1 Å². The van der Waals surface area contributed by atoms with E-state index in [-0.39, 0.29) is 30.1 Å². The normalized spacial score (nSPS) is 14.5. The van der Waals surface area contributed by atoms with Crippen LogP contribution in [-0.2, 0) is 0 Å². The number of ether oxygens (including phenoxy) is 2. The third kappa shape index (κ3) is 4.45. The topological polar surface area (TPSA) is 68.3 Å². The largest absolute Gasteiger partial charge is 0.493 e. The van der Waals surface area contributed by atoms with Crippen LogP contribution >= 0.6 is 36.4 Å². The highest BCUT2D eigenvalue weighted by Gasteiger charge is 2.17. The lowest BCUT2D eigenvalue weighted by Gasteiger charge is -2.24. The molecule has 3 rings (SSSR count). The molecule has 9 heteroatoms. The van der Waals surface area contributed by atoms with Gasteiger partial charge in [-0.25, -0.2) is 9.97 Å². The highest BCUT2D eigenvalue weighted by molar-refractivity contribution is 6.28. The lowest BCUT2D eigenvalue weighted by molar-refractivity contribution is 0.356. The number of methoxy groups -OCH3 is 2. The number of benzene rings is 1. The number of piperidine rings is 1. The first-order valence-corrected chi connectivity index (χ1v) is 7.65. The second-order valence-electron chi connectivity index (χ2n) is 5.23. The number of rotatable bonds is 4. The van der Waals surface area contributed by atoms with E-state index in [1.165, 1.54) is 0 Å². The summed E-state index contributed by atoms with van der Waals surface area (Å²) in [6.07, 6.45) is 2.10. The van der Waals surface area contributed by atoms with Gasteiger partial charge in [-0.05, 0) is 43.6 Å². The molecule has 0 radical (unpaired) electrons. The lowest BCUT2D eigenvalue weighted by Crippen LogP contribution is -2.35. The zero-order chi connectivity index (χ0) is 15.5. The van der Waals surface area contributed by atoms with E-state index in [1.54, 1.807) is 14.2 Å². The highest BCUT2D eigenvalue weighted by atomic mass is 35.5. The number of aromatic nitrogens is 2. The van der Waals surface area contributed by atoms with Gasteiger partial charge in [-0.3, -0.25) is 0 Å².